The Morgan fingerprint density at radius 2 is 1.61 bits per heavy atom. The molecule has 0 saturated heterocycles. The van der Waals surface area contributed by atoms with Crippen molar-refractivity contribution in [3.63, 3.8) is 0 Å². The minimum atomic E-state index is 0.462. The molecule has 1 fully saturated rings. The summed E-state index contributed by atoms with van der Waals surface area (Å²) in [6.07, 6.45) is 4.06. The van der Waals surface area contributed by atoms with Gasteiger partial charge < -0.3 is 5.32 Å². The van der Waals surface area contributed by atoms with Gasteiger partial charge in [0, 0.05) is 15.7 Å². The molecule has 0 bridgehead atoms. The Balaban J connectivity index is 1.94. The Hall–Kier alpha value is -0.0900. The zero-order chi connectivity index (χ0) is 13.1. The molecule has 1 aliphatic rings. The largest absolute Gasteiger partial charge is 0.307 e. The van der Waals surface area contributed by atoms with E-state index in [-0.39, 0.29) is 0 Å². The van der Waals surface area contributed by atoms with Gasteiger partial charge in [0.2, 0.25) is 0 Å². The van der Waals surface area contributed by atoms with Crippen LogP contribution >= 0.6 is 22.6 Å². The molecular weight excluding hydrogens is 333 g/mol. The molecule has 1 aliphatic carbocycles. The van der Waals surface area contributed by atoms with Crippen LogP contribution in [-0.2, 0) is 0 Å². The molecule has 1 aromatic carbocycles. The summed E-state index contributed by atoms with van der Waals surface area (Å²) in [6, 6.07) is 10.0. The smallest absolute Gasteiger partial charge is 0.0294 e. The summed E-state index contributed by atoms with van der Waals surface area (Å²) in [4.78, 5) is 0. The van der Waals surface area contributed by atoms with Crippen molar-refractivity contribution in [3.05, 3.63) is 33.4 Å². The summed E-state index contributed by atoms with van der Waals surface area (Å²) < 4.78 is 1.31. The SMILES string of the molecule is CC1CC(C)CC(NC(C)c2ccc(I)cc2)C1. The Morgan fingerprint density at radius 1 is 1.06 bits per heavy atom. The first-order chi connectivity index (χ1) is 8.54. The van der Waals surface area contributed by atoms with Gasteiger partial charge in [-0.3, -0.25) is 0 Å². The highest BCUT2D eigenvalue weighted by atomic mass is 127. The van der Waals surface area contributed by atoms with Gasteiger partial charge in [0.15, 0.2) is 0 Å². The second-order valence-corrected chi connectivity index (χ2v) is 7.30. The molecule has 2 heteroatoms. The van der Waals surface area contributed by atoms with E-state index < -0.39 is 0 Å². The second kappa shape index (κ2) is 6.38. The molecule has 18 heavy (non-hydrogen) atoms. The van der Waals surface area contributed by atoms with Crippen molar-refractivity contribution in [1.82, 2.24) is 5.32 Å². The summed E-state index contributed by atoms with van der Waals surface area (Å²) in [5.41, 5.74) is 1.40. The van der Waals surface area contributed by atoms with Crippen molar-refractivity contribution in [2.24, 2.45) is 11.8 Å². The van der Waals surface area contributed by atoms with E-state index in [9.17, 15) is 0 Å². The van der Waals surface area contributed by atoms with Gasteiger partial charge in [0.05, 0.1) is 0 Å². The summed E-state index contributed by atoms with van der Waals surface area (Å²) >= 11 is 2.36. The number of rotatable bonds is 3. The molecule has 0 aromatic heterocycles. The van der Waals surface area contributed by atoms with Crippen molar-refractivity contribution in [1.29, 1.82) is 0 Å². The highest BCUT2D eigenvalue weighted by Gasteiger charge is 2.24. The van der Waals surface area contributed by atoms with Gasteiger partial charge >= 0.3 is 0 Å². The Morgan fingerprint density at radius 3 is 2.17 bits per heavy atom. The summed E-state index contributed by atoms with van der Waals surface area (Å²) in [5.74, 6) is 1.74. The zero-order valence-corrected chi connectivity index (χ0v) is 13.8. The van der Waals surface area contributed by atoms with Crippen LogP contribution in [0.4, 0.5) is 0 Å². The third kappa shape index (κ3) is 3.95. The molecule has 1 aromatic rings. The third-order valence-corrected chi connectivity index (χ3v) is 4.75. The van der Waals surface area contributed by atoms with Gasteiger partial charge in [-0.1, -0.05) is 26.0 Å². The van der Waals surface area contributed by atoms with E-state index in [1.165, 1.54) is 28.4 Å². The maximum atomic E-state index is 3.81. The molecule has 1 nitrogen and oxygen atoms in total. The zero-order valence-electron chi connectivity index (χ0n) is 11.6. The van der Waals surface area contributed by atoms with E-state index >= 15 is 0 Å². The Labute approximate surface area is 125 Å². The number of benzene rings is 1. The van der Waals surface area contributed by atoms with Crippen LogP contribution in [-0.4, -0.2) is 6.04 Å². The molecule has 0 radical (unpaired) electrons. The monoisotopic (exact) mass is 357 g/mol. The maximum Gasteiger partial charge on any atom is 0.0294 e. The van der Waals surface area contributed by atoms with Gasteiger partial charge in [-0.15, -0.1) is 0 Å². The predicted octanol–water partition coefficient (Wildman–Crippen LogP) is 4.77. The van der Waals surface area contributed by atoms with Crippen LogP contribution in [0.15, 0.2) is 24.3 Å². The second-order valence-electron chi connectivity index (χ2n) is 6.05. The van der Waals surface area contributed by atoms with Crippen LogP contribution in [0.3, 0.4) is 0 Å². The standard InChI is InChI=1S/C16H24IN/c1-11-8-12(2)10-16(9-11)18-13(3)14-4-6-15(17)7-5-14/h4-7,11-13,16,18H,8-10H2,1-3H3. The topological polar surface area (TPSA) is 12.0 Å². The van der Waals surface area contributed by atoms with Crippen molar-refractivity contribution in [3.8, 4) is 0 Å². The van der Waals surface area contributed by atoms with Crippen LogP contribution in [0.5, 0.6) is 0 Å². The van der Waals surface area contributed by atoms with Crippen molar-refractivity contribution < 1.29 is 0 Å². The van der Waals surface area contributed by atoms with Gasteiger partial charge in [0.25, 0.3) is 0 Å². The van der Waals surface area contributed by atoms with E-state index in [4.69, 9.17) is 0 Å². The molecule has 2 rings (SSSR count). The average Bonchev–Trinajstić information content (AvgIpc) is 2.28. The first-order valence-electron chi connectivity index (χ1n) is 7.06. The highest BCUT2D eigenvalue weighted by Crippen LogP contribution is 2.30. The quantitative estimate of drug-likeness (QED) is 0.769. The molecule has 0 amide bonds. The minimum absolute atomic E-state index is 0.462. The van der Waals surface area contributed by atoms with Crippen molar-refractivity contribution >= 4 is 22.6 Å². The lowest BCUT2D eigenvalue weighted by Gasteiger charge is -2.34. The van der Waals surface area contributed by atoms with E-state index in [1.807, 2.05) is 0 Å². The molecule has 3 unspecified atom stereocenters. The minimum Gasteiger partial charge on any atom is -0.307 e. The first kappa shape index (κ1) is 14.3. The van der Waals surface area contributed by atoms with Crippen LogP contribution < -0.4 is 5.32 Å². The molecule has 0 aliphatic heterocycles. The van der Waals surface area contributed by atoms with Crippen molar-refractivity contribution in [2.45, 2.75) is 52.1 Å². The molecule has 0 spiro atoms. The van der Waals surface area contributed by atoms with Crippen LogP contribution in [0, 0.1) is 15.4 Å². The lowest BCUT2D eigenvalue weighted by molar-refractivity contribution is 0.228. The van der Waals surface area contributed by atoms with E-state index in [0.717, 1.165) is 11.8 Å². The number of hydrogen-bond acceptors (Lipinski definition) is 1. The first-order valence-corrected chi connectivity index (χ1v) is 8.14. The normalized spacial score (nSPS) is 30.1. The predicted molar refractivity (Wildman–Crippen MR) is 86.7 cm³/mol. The third-order valence-electron chi connectivity index (χ3n) is 4.03. The van der Waals surface area contributed by atoms with Gasteiger partial charge in [-0.05, 0) is 78.3 Å². The number of hydrogen-bond donors (Lipinski definition) is 1. The molecular formula is C16H24IN. The van der Waals surface area contributed by atoms with Crippen molar-refractivity contribution in [2.75, 3.05) is 0 Å². The Bertz CT molecular complexity index is 363. The molecule has 1 N–H and O–H groups in total. The molecule has 100 valence electrons. The molecule has 3 atom stereocenters. The van der Waals surface area contributed by atoms with Crippen LogP contribution in [0.1, 0.15) is 51.6 Å². The summed E-state index contributed by atoms with van der Waals surface area (Å²) in [5, 5.41) is 3.81. The van der Waals surface area contributed by atoms with Crippen LogP contribution in [0.2, 0.25) is 0 Å². The maximum absolute atomic E-state index is 3.81. The fourth-order valence-electron chi connectivity index (χ4n) is 3.28. The number of halogens is 1. The summed E-state index contributed by atoms with van der Waals surface area (Å²) in [6.45, 7) is 7.06. The van der Waals surface area contributed by atoms with Gasteiger partial charge in [-0.25, -0.2) is 0 Å². The van der Waals surface area contributed by atoms with E-state index in [2.05, 4.69) is 72.9 Å². The average molecular weight is 357 g/mol. The lowest BCUT2D eigenvalue weighted by Crippen LogP contribution is -2.37. The fourth-order valence-corrected chi connectivity index (χ4v) is 3.64. The van der Waals surface area contributed by atoms with E-state index in [1.54, 1.807) is 0 Å². The number of nitrogens with one attached hydrogen (secondary N) is 1. The molecule has 0 heterocycles. The summed E-state index contributed by atoms with van der Waals surface area (Å²) in [7, 11) is 0. The highest BCUT2D eigenvalue weighted by molar-refractivity contribution is 14.1. The van der Waals surface area contributed by atoms with Gasteiger partial charge in [-0.2, -0.15) is 0 Å². The van der Waals surface area contributed by atoms with E-state index in [0.29, 0.717) is 12.1 Å². The molecule has 1 saturated carbocycles. The van der Waals surface area contributed by atoms with Gasteiger partial charge in [0.1, 0.15) is 0 Å². The van der Waals surface area contributed by atoms with Crippen LogP contribution in [0.25, 0.3) is 0 Å². The lowest BCUT2D eigenvalue weighted by atomic mass is 9.80. The fraction of sp³-hybridized carbons (Fsp3) is 0.625. The Kier molecular flexibility index (Phi) is 5.07.